The van der Waals surface area contributed by atoms with E-state index in [1.54, 1.807) is 12.4 Å². The number of nitrogens with one attached hydrogen (secondary N) is 1. The second-order valence-electron chi connectivity index (χ2n) is 5.82. The minimum absolute atomic E-state index is 0.122. The van der Waals surface area contributed by atoms with E-state index < -0.39 is 6.04 Å². The maximum atomic E-state index is 11.9. The van der Waals surface area contributed by atoms with E-state index in [9.17, 15) is 4.79 Å². The summed E-state index contributed by atoms with van der Waals surface area (Å²) in [7, 11) is 0. The van der Waals surface area contributed by atoms with Crippen molar-refractivity contribution in [3.8, 4) is 5.82 Å². The van der Waals surface area contributed by atoms with Gasteiger partial charge in [0.25, 0.3) is 0 Å². The summed E-state index contributed by atoms with van der Waals surface area (Å²) >= 11 is 0. The maximum Gasteiger partial charge on any atom is 0.237 e. The molecule has 2 rings (SSSR count). The van der Waals surface area contributed by atoms with E-state index in [1.807, 2.05) is 43.7 Å². The summed E-state index contributed by atoms with van der Waals surface area (Å²) in [5, 5.41) is 2.85. The molecule has 6 heteroatoms. The van der Waals surface area contributed by atoms with Crippen LogP contribution in [0.25, 0.3) is 5.82 Å². The first-order valence-corrected chi connectivity index (χ1v) is 7.46. The van der Waals surface area contributed by atoms with Gasteiger partial charge in [0.15, 0.2) is 0 Å². The second kappa shape index (κ2) is 7.17. The standard InChI is InChI=1S/C16H23N5O/c1-11(2)8-14(17)16(22)20-10-13-4-5-15(19-9-13)21-7-6-18-12(21)3/h4-7,9,11,14H,8,10,17H2,1-3H3,(H,20,22)/t14-/m0/s1. The zero-order chi connectivity index (χ0) is 16.1. The molecule has 0 aliphatic rings. The first kappa shape index (κ1) is 16.2. The molecule has 0 aliphatic heterocycles. The summed E-state index contributed by atoms with van der Waals surface area (Å²) in [6.07, 6.45) is 6.04. The predicted molar refractivity (Wildman–Crippen MR) is 85.4 cm³/mol. The smallest absolute Gasteiger partial charge is 0.237 e. The Morgan fingerprint density at radius 1 is 1.36 bits per heavy atom. The number of imidazole rings is 1. The molecular weight excluding hydrogens is 278 g/mol. The normalized spacial score (nSPS) is 12.4. The summed E-state index contributed by atoms with van der Waals surface area (Å²) in [4.78, 5) is 20.4. The van der Waals surface area contributed by atoms with Gasteiger partial charge in [-0.15, -0.1) is 0 Å². The first-order valence-electron chi connectivity index (χ1n) is 7.46. The lowest BCUT2D eigenvalue weighted by molar-refractivity contribution is -0.122. The summed E-state index contributed by atoms with van der Waals surface area (Å²) in [5.74, 6) is 1.97. The fraction of sp³-hybridized carbons (Fsp3) is 0.438. The van der Waals surface area contributed by atoms with E-state index in [0.717, 1.165) is 17.2 Å². The van der Waals surface area contributed by atoms with Gasteiger partial charge < -0.3 is 11.1 Å². The Kier molecular flexibility index (Phi) is 5.27. The summed E-state index contributed by atoms with van der Waals surface area (Å²) in [5.41, 5.74) is 6.79. The van der Waals surface area contributed by atoms with Crippen LogP contribution in [-0.4, -0.2) is 26.5 Å². The Hall–Kier alpha value is -2.21. The fourth-order valence-corrected chi connectivity index (χ4v) is 2.22. The van der Waals surface area contributed by atoms with Crippen molar-refractivity contribution in [1.82, 2.24) is 19.9 Å². The van der Waals surface area contributed by atoms with Crippen molar-refractivity contribution in [2.45, 2.75) is 39.8 Å². The van der Waals surface area contributed by atoms with Crippen molar-refractivity contribution in [3.05, 3.63) is 42.1 Å². The summed E-state index contributed by atoms with van der Waals surface area (Å²) in [6, 6.07) is 3.39. The van der Waals surface area contributed by atoms with Crippen molar-refractivity contribution in [1.29, 1.82) is 0 Å². The van der Waals surface area contributed by atoms with Crippen LogP contribution in [0, 0.1) is 12.8 Å². The van der Waals surface area contributed by atoms with Crippen LogP contribution in [0.4, 0.5) is 0 Å². The van der Waals surface area contributed by atoms with Gasteiger partial charge in [-0.1, -0.05) is 19.9 Å². The predicted octanol–water partition coefficient (Wildman–Crippen LogP) is 1.57. The van der Waals surface area contributed by atoms with Gasteiger partial charge in [-0.25, -0.2) is 9.97 Å². The maximum absolute atomic E-state index is 11.9. The molecule has 0 spiro atoms. The van der Waals surface area contributed by atoms with Crippen LogP contribution >= 0.6 is 0 Å². The number of nitrogens with two attached hydrogens (primary N) is 1. The van der Waals surface area contributed by atoms with Crippen LogP contribution in [0.5, 0.6) is 0 Å². The molecular formula is C16H23N5O. The van der Waals surface area contributed by atoms with Gasteiger partial charge in [-0.2, -0.15) is 0 Å². The van der Waals surface area contributed by atoms with E-state index in [-0.39, 0.29) is 5.91 Å². The highest BCUT2D eigenvalue weighted by Gasteiger charge is 2.14. The third-order valence-electron chi connectivity index (χ3n) is 3.41. The van der Waals surface area contributed by atoms with Gasteiger partial charge in [-0.3, -0.25) is 9.36 Å². The highest BCUT2D eigenvalue weighted by molar-refractivity contribution is 5.81. The monoisotopic (exact) mass is 301 g/mol. The number of nitrogens with zero attached hydrogens (tertiary/aromatic N) is 3. The molecule has 0 fully saturated rings. The van der Waals surface area contributed by atoms with Gasteiger partial charge in [-0.05, 0) is 30.9 Å². The number of rotatable bonds is 6. The van der Waals surface area contributed by atoms with Gasteiger partial charge >= 0.3 is 0 Å². The lowest BCUT2D eigenvalue weighted by Crippen LogP contribution is -2.41. The van der Waals surface area contributed by atoms with Crippen molar-refractivity contribution in [3.63, 3.8) is 0 Å². The van der Waals surface area contributed by atoms with Gasteiger partial charge in [0.2, 0.25) is 5.91 Å². The summed E-state index contributed by atoms with van der Waals surface area (Å²) in [6.45, 7) is 6.45. The second-order valence-corrected chi connectivity index (χ2v) is 5.82. The molecule has 2 aromatic heterocycles. The molecule has 118 valence electrons. The van der Waals surface area contributed by atoms with Crippen LogP contribution in [0.15, 0.2) is 30.7 Å². The molecule has 0 unspecified atom stereocenters. The van der Waals surface area contributed by atoms with Gasteiger partial charge in [0.1, 0.15) is 11.6 Å². The molecule has 1 amide bonds. The zero-order valence-electron chi connectivity index (χ0n) is 13.3. The molecule has 0 saturated heterocycles. The van der Waals surface area contributed by atoms with Crippen molar-refractivity contribution < 1.29 is 4.79 Å². The number of pyridine rings is 1. The van der Waals surface area contributed by atoms with E-state index in [1.165, 1.54) is 0 Å². The zero-order valence-corrected chi connectivity index (χ0v) is 13.3. The van der Waals surface area contributed by atoms with Crippen LogP contribution in [0.2, 0.25) is 0 Å². The minimum atomic E-state index is -0.458. The highest BCUT2D eigenvalue weighted by Crippen LogP contribution is 2.08. The average Bonchev–Trinajstić information content (AvgIpc) is 2.90. The first-order chi connectivity index (χ1) is 10.5. The molecule has 2 heterocycles. The Balaban J connectivity index is 1.92. The van der Waals surface area contributed by atoms with E-state index in [4.69, 9.17) is 5.73 Å². The number of carbonyl (C=O) groups excluding carboxylic acids is 1. The van der Waals surface area contributed by atoms with Crippen molar-refractivity contribution >= 4 is 5.91 Å². The largest absolute Gasteiger partial charge is 0.351 e. The van der Waals surface area contributed by atoms with Crippen LogP contribution < -0.4 is 11.1 Å². The topological polar surface area (TPSA) is 85.8 Å². The van der Waals surface area contributed by atoms with Crippen LogP contribution in [0.3, 0.4) is 0 Å². The van der Waals surface area contributed by atoms with E-state index >= 15 is 0 Å². The van der Waals surface area contributed by atoms with Crippen LogP contribution in [0.1, 0.15) is 31.7 Å². The van der Waals surface area contributed by atoms with Crippen molar-refractivity contribution in [2.24, 2.45) is 11.7 Å². The molecule has 2 aromatic rings. The number of carbonyl (C=O) groups is 1. The quantitative estimate of drug-likeness (QED) is 0.848. The van der Waals surface area contributed by atoms with Gasteiger partial charge in [0.05, 0.1) is 6.04 Å². The van der Waals surface area contributed by atoms with Crippen LogP contribution in [-0.2, 0) is 11.3 Å². The Bertz CT molecular complexity index is 618. The molecule has 0 aliphatic carbocycles. The van der Waals surface area contributed by atoms with Gasteiger partial charge in [0, 0.05) is 25.1 Å². The Morgan fingerprint density at radius 2 is 2.14 bits per heavy atom. The third-order valence-corrected chi connectivity index (χ3v) is 3.41. The molecule has 0 bridgehead atoms. The number of aromatic nitrogens is 3. The molecule has 1 atom stereocenters. The molecule has 0 radical (unpaired) electrons. The Morgan fingerprint density at radius 3 is 2.68 bits per heavy atom. The fourth-order valence-electron chi connectivity index (χ4n) is 2.22. The SMILES string of the molecule is Cc1nccn1-c1ccc(CNC(=O)[C@@H](N)CC(C)C)cn1. The lowest BCUT2D eigenvalue weighted by Gasteiger charge is -2.14. The molecule has 0 aromatic carbocycles. The van der Waals surface area contributed by atoms with E-state index in [0.29, 0.717) is 18.9 Å². The molecule has 22 heavy (non-hydrogen) atoms. The third kappa shape index (κ3) is 4.14. The summed E-state index contributed by atoms with van der Waals surface area (Å²) < 4.78 is 1.90. The number of hydrogen-bond donors (Lipinski definition) is 2. The number of hydrogen-bond acceptors (Lipinski definition) is 4. The lowest BCUT2D eigenvalue weighted by atomic mass is 10.0. The highest BCUT2D eigenvalue weighted by atomic mass is 16.2. The average molecular weight is 301 g/mol. The molecule has 6 nitrogen and oxygen atoms in total. The molecule has 3 N–H and O–H groups in total. The minimum Gasteiger partial charge on any atom is -0.351 e. The number of aryl methyl sites for hydroxylation is 1. The molecule has 0 saturated carbocycles. The number of amides is 1. The Labute approximate surface area is 130 Å². The van der Waals surface area contributed by atoms with E-state index in [2.05, 4.69) is 15.3 Å². The van der Waals surface area contributed by atoms with Crippen molar-refractivity contribution in [2.75, 3.05) is 0 Å².